The molecule has 0 fully saturated rings. The molecular formula is C26H23ClN2O. The summed E-state index contributed by atoms with van der Waals surface area (Å²) in [7, 11) is 0. The number of fused-ring (bicyclic) bond motifs is 1. The van der Waals surface area contributed by atoms with Gasteiger partial charge in [-0.3, -0.25) is 4.79 Å². The lowest BCUT2D eigenvalue weighted by molar-refractivity contribution is 0.0941. The molecule has 1 aromatic heterocycles. The fourth-order valence-corrected chi connectivity index (χ4v) is 3.65. The smallest absolute Gasteiger partial charge is 0.252 e. The average Bonchev–Trinajstić information content (AvgIpc) is 2.75. The molecule has 0 saturated heterocycles. The molecule has 0 aliphatic heterocycles. The maximum Gasteiger partial charge on any atom is 0.252 e. The van der Waals surface area contributed by atoms with E-state index in [9.17, 15) is 4.79 Å². The van der Waals surface area contributed by atoms with Crippen molar-refractivity contribution in [1.29, 1.82) is 0 Å². The van der Waals surface area contributed by atoms with Crippen LogP contribution in [0.2, 0.25) is 5.02 Å². The van der Waals surface area contributed by atoms with Crippen molar-refractivity contribution in [3.05, 3.63) is 100 Å². The molecule has 3 nitrogen and oxygen atoms in total. The van der Waals surface area contributed by atoms with Crippen LogP contribution in [0.5, 0.6) is 0 Å². The first-order chi connectivity index (χ1) is 14.4. The third kappa shape index (κ3) is 4.07. The number of benzene rings is 3. The number of halogens is 1. The number of hydrogen-bond donors (Lipinski definition) is 1. The number of pyridine rings is 1. The maximum atomic E-state index is 13.2. The molecule has 30 heavy (non-hydrogen) atoms. The lowest BCUT2D eigenvalue weighted by Crippen LogP contribution is -2.27. The fourth-order valence-electron chi connectivity index (χ4n) is 3.52. The van der Waals surface area contributed by atoms with Crippen LogP contribution in [-0.4, -0.2) is 10.9 Å². The minimum Gasteiger partial charge on any atom is -0.345 e. The summed E-state index contributed by atoms with van der Waals surface area (Å²) in [6.07, 6.45) is 0. The molecule has 1 heterocycles. The zero-order valence-corrected chi connectivity index (χ0v) is 18.0. The Kier molecular flexibility index (Phi) is 5.56. The van der Waals surface area contributed by atoms with Crippen molar-refractivity contribution in [3.8, 4) is 11.3 Å². The van der Waals surface area contributed by atoms with Crippen molar-refractivity contribution in [2.45, 2.75) is 26.8 Å². The number of nitrogens with zero attached hydrogens (tertiary/aromatic N) is 1. The second-order valence-corrected chi connectivity index (χ2v) is 8.05. The van der Waals surface area contributed by atoms with E-state index in [0.29, 0.717) is 10.6 Å². The zero-order chi connectivity index (χ0) is 21.3. The summed E-state index contributed by atoms with van der Waals surface area (Å²) in [6.45, 7) is 6.14. The highest BCUT2D eigenvalue weighted by Gasteiger charge is 2.17. The number of hydrogen-bond acceptors (Lipinski definition) is 2. The van der Waals surface area contributed by atoms with Gasteiger partial charge < -0.3 is 5.32 Å². The molecule has 0 spiro atoms. The molecule has 0 aliphatic carbocycles. The van der Waals surface area contributed by atoms with Gasteiger partial charge in [-0.25, -0.2) is 4.98 Å². The number of amides is 1. The quantitative estimate of drug-likeness (QED) is 0.405. The van der Waals surface area contributed by atoms with Gasteiger partial charge in [0.25, 0.3) is 5.91 Å². The van der Waals surface area contributed by atoms with Gasteiger partial charge >= 0.3 is 0 Å². The van der Waals surface area contributed by atoms with Crippen LogP contribution in [0.25, 0.3) is 22.2 Å². The minimum absolute atomic E-state index is 0.124. The van der Waals surface area contributed by atoms with E-state index in [0.717, 1.165) is 27.7 Å². The standard InChI is InChI=1S/C26H23ClN2O/c1-16-8-9-20(14-17(16)2)25-15-23(22-6-4-5-7-24(22)29-25)26(30)28-18(3)19-10-12-21(27)13-11-19/h4-15,18H,1-3H3,(H,28,30)/t18-/m1/s1. The van der Waals surface area contributed by atoms with Crippen molar-refractivity contribution in [3.63, 3.8) is 0 Å². The molecule has 4 aromatic rings. The Balaban J connectivity index is 1.74. The Hall–Kier alpha value is -3.17. The molecule has 1 N–H and O–H groups in total. The molecule has 1 amide bonds. The Morgan fingerprint density at radius 3 is 2.40 bits per heavy atom. The fraction of sp³-hybridized carbons (Fsp3) is 0.154. The van der Waals surface area contributed by atoms with Gasteiger partial charge in [-0.05, 0) is 67.8 Å². The molecule has 0 unspecified atom stereocenters. The molecular weight excluding hydrogens is 392 g/mol. The summed E-state index contributed by atoms with van der Waals surface area (Å²) in [4.78, 5) is 18.1. The first-order valence-corrected chi connectivity index (χ1v) is 10.3. The van der Waals surface area contributed by atoms with E-state index in [2.05, 4.69) is 37.4 Å². The minimum atomic E-state index is -0.147. The number of nitrogens with one attached hydrogen (secondary N) is 1. The zero-order valence-electron chi connectivity index (χ0n) is 17.2. The second-order valence-electron chi connectivity index (χ2n) is 7.62. The van der Waals surface area contributed by atoms with E-state index < -0.39 is 0 Å². The first kappa shape index (κ1) is 20.1. The van der Waals surface area contributed by atoms with E-state index in [-0.39, 0.29) is 11.9 Å². The number of aryl methyl sites for hydroxylation is 2. The number of rotatable bonds is 4. The van der Waals surface area contributed by atoms with Crippen LogP contribution in [0.4, 0.5) is 0 Å². The molecule has 1 atom stereocenters. The van der Waals surface area contributed by atoms with Gasteiger partial charge in [0.05, 0.1) is 22.8 Å². The average molecular weight is 415 g/mol. The molecule has 0 saturated carbocycles. The van der Waals surface area contributed by atoms with Crippen molar-refractivity contribution < 1.29 is 4.79 Å². The Bertz CT molecular complexity index is 1230. The van der Waals surface area contributed by atoms with Crippen LogP contribution in [0.15, 0.2) is 72.8 Å². The van der Waals surface area contributed by atoms with Gasteiger partial charge in [-0.2, -0.15) is 0 Å². The Morgan fingerprint density at radius 1 is 0.933 bits per heavy atom. The van der Waals surface area contributed by atoms with Crippen LogP contribution >= 0.6 is 11.6 Å². The van der Waals surface area contributed by atoms with Crippen molar-refractivity contribution >= 4 is 28.4 Å². The monoisotopic (exact) mass is 414 g/mol. The lowest BCUT2D eigenvalue weighted by atomic mass is 10.00. The van der Waals surface area contributed by atoms with Crippen LogP contribution < -0.4 is 5.32 Å². The maximum absolute atomic E-state index is 13.2. The lowest BCUT2D eigenvalue weighted by Gasteiger charge is -2.16. The molecule has 0 aliphatic rings. The summed E-state index contributed by atoms with van der Waals surface area (Å²) in [6, 6.07) is 23.3. The van der Waals surface area contributed by atoms with Crippen LogP contribution in [-0.2, 0) is 0 Å². The van der Waals surface area contributed by atoms with E-state index >= 15 is 0 Å². The molecule has 4 heteroatoms. The summed E-state index contributed by atoms with van der Waals surface area (Å²) in [5.41, 5.74) is 6.65. The van der Waals surface area contributed by atoms with Crippen molar-refractivity contribution in [2.24, 2.45) is 0 Å². The topological polar surface area (TPSA) is 42.0 Å². The van der Waals surface area contributed by atoms with Crippen LogP contribution in [0, 0.1) is 13.8 Å². The summed E-state index contributed by atoms with van der Waals surface area (Å²) in [5.74, 6) is -0.124. The third-order valence-corrected chi connectivity index (χ3v) is 5.73. The predicted octanol–water partition coefficient (Wildman–Crippen LogP) is 6.66. The predicted molar refractivity (Wildman–Crippen MR) is 124 cm³/mol. The molecule has 150 valence electrons. The normalized spacial score (nSPS) is 12.0. The van der Waals surface area contributed by atoms with Gasteiger partial charge in [0.1, 0.15) is 0 Å². The molecule has 0 radical (unpaired) electrons. The van der Waals surface area contributed by atoms with Gasteiger partial charge in [0, 0.05) is 16.0 Å². The summed E-state index contributed by atoms with van der Waals surface area (Å²) < 4.78 is 0. The van der Waals surface area contributed by atoms with Crippen LogP contribution in [0.1, 0.15) is 40.0 Å². The summed E-state index contributed by atoms with van der Waals surface area (Å²) in [5, 5.41) is 4.63. The highest BCUT2D eigenvalue weighted by Crippen LogP contribution is 2.27. The van der Waals surface area contributed by atoms with Crippen molar-refractivity contribution in [1.82, 2.24) is 10.3 Å². The molecule has 0 bridgehead atoms. The highest BCUT2D eigenvalue weighted by molar-refractivity contribution is 6.30. The van der Waals surface area contributed by atoms with Gasteiger partial charge in [-0.1, -0.05) is 54.1 Å². The van der Waals surface area contributed by atoms with Gasteiger partial charge in [0.15, 0.2) is 0 Å². The highest BCUT2D eigenvalue weighted by atomic mass is 35.5. The van der Waals surface area contributed by atoms with Crippen LogP contribution in [0.3, 0.4) is 0 Å². The summed E-state index contributed by atoms with van der Waals surface area (Å²) >= 11 is 5.99. The Labute approximate surface area is 181 Å². The number of carbonyl (C=O) groups is 1. The third-order valence-electron chi connectivity index (χ3n) is 5.48. The Morgan fingerprint density at radius 2 is 1.67 bits per heavy atom. The van der Waals surface area contributed by atoms with Gasteiger partial charge in [0.2, 0.25) is 0 Å². The second kappa shape index (κ2) is 8.29. The van der Waals surface area contributed by atoms with E-state index in [1.54, 1.807) is 0 Å². The number of aromatic nitrogens is 1. The van der Waals surface area contributed by atoms with Crippen molar-refractivity contribution in [2.75, 3.05) is 0 Å². The van der Waals surface area contributed by atoms with Gasteiger partial charge in [-0.15, -0.1) is 0 Å². The largest absolute Gasteiger partial charge is 0.345 e. The van der Waals surface area contributed by atoms with E-state index in [1.807, 2.05) is 61.5 Å². The molecule has 3 aromatic carbocycles. The number of carbonyl (C=O) groups excluding carboxylic acids is 1. The van der Waals surface area contributed by atoms with E-state index in [4.69, 9.17) is 16.6 Å². The SMILES string of the molecule is Cc1ccc(-c2cc(C(=O)N[C@H](C)c3ccc(Cl)cc3)c3ccccc3n2)cc1C. The number of para-hydroxylation sites is 1. The molecule has 4 rings (SSSR count). The first-order valence-electron chi connectivity index (χ1n) is 9.96. The van der Waals surface area contributed by atoms with E-state index in [1.165, 1.54) is 11.1 Å².